The van der Waals surface area contributed by atoms with Gasteiger partial charge in [0.2, 0.25) is 5.91 Å². The summed E-state index contributed by atoms with van der Waals surface area (Å²) >= 11 is 0. The Balaban J connectivity index is 1.79. The van der Waals surface area contributed by atoms with Gasteiger partial charge in [0.1, 0.15) is 5.82 Å². The Morgan fingerprint density at radius 1 is 1.30 bits per heavy atom. The zero-order chi connectivity index (χ0) is 14.5. The molecule has 1 heterocycles. The smallest absolute Gasteiger partial charge is 0.225 e. The van der Waals surface area contributed by atoms with E-state index in [1.165, 1.54) is 12.5 Å². The quantitative estimate of drug-likeness (QED) is 0.917. The number of nitrogens with one attached hydrogen (secondary N) is 1. The Hall–Kier alpha value is -1.42. The molecule has 1 aromatic carbocycles. The minimum atomic E-state index is -0.388. The van der Waals surface area contributed by atoms with Crippen LogP contribution in [-0.2, 0) is 4.79 Å². The van der Waals surface area contributed by atoms with Crippen LogP contribution < -0.4 is 5.32 Å². The SMILES string of the molecule is C[C@@H]1C[C@H](C)CN(CCC(=O)Nc2ccccc2F)C1. The molecule has 0 unspecified atom stereocenters. The maximum atomic E-state index is 13.4. The van der Waals surface area contributed by atoms with Crippen molar-refractivity contribution in [2.45, 2.75) is 26.7 Å². The zero-order valence-corrected chi connectivity index (χ0v) is 12.2. The van der Waals surface area contributed by atoms with Crippen molar-refractivity contribution in [1.29, 1.82) is 0 Å². The average Bonchev–Trinajstić information content (AvgIpc) is 2.38. The number of halogens is 1. The van der Waals surface area contributed by atoms with E-state index in [1.54, 1.807) is 18.2 Å². The first-order valence-corrected chi connectivity index (χ1v) is 7.31. The van der Waals surface area contributed by atoms with E-state index < -0.39 is 0 Å². The molecule has 1 fully saturated rings. The van der Waals surface area contributed by atoms with Gasteiger partial charge < -0.3 is 10.2 Å². The number of nitrogens with zero attached hydrogens (tertiary/aromatic N) is 1. The number of piperidine rings is 1. The Kier molecular flexibility index (Phi) is 5.12. The monoisotopic (exact) mass is 278 g/mol. The van der Waals surface area contributed by atoms with E-state index in [-0.39, 0.29) is 17.4 Å². The first-order chi connectivity index (χ1) is 9.54. The summed E-state index contributed by atoms with van der Waals surface area (Å²) in [6.07, 6.45) is 1.67. The van der Waals surface area contributed by atoms with Crippen LogP contribution in [0.5, 0.6) is 0 Å². The van der Waals surface area contributed by atoms with Crippen molar-refractivity contribution < 1.29 is 9.18 Å². The van der Waals surface area contributed by atoms with Crippen molar-refractivity contribution in [1.82, 2.24) is 4.90 Å². The number of benzene rings is 1. The Bertz CT molecular complexity index is 454. The standard InChI is InChI=1S/C16H23FN2O/c1-12-9-13(2)11-19(10-12)8-7-16(20)18-15-6-4-3-5-14(15)17/h3-6,12-13H,7-11H2,1-2H3,(H,18,20)/t12-,13+. The number of likely N-dealkylation sites (tertiary alicyclic amines) is 1. The molecule has 1 N–H and O–H groups in total. The second-order valence-electron chi connectivity index (χ2n) is 5.98. The molecule has 0 saturated carbocycles. The Morgan fingerprint density at radius 3 is 2.60 bits per heavy atom. The highest BCUT2D eigenvalue weighted by Crippen LogP contribution is 2.21. The number of hydrogen-bond donors (Lipinski definition) is 1. The van der Waals surface area contributed by atoms with Gasteiger partial charge in [-0.15, -0.1) is 0 Å². The third-order valence-electron chi connectivity index (χ3n) is 3.75. The first-order valence-electron chi connectivity index (χ1n) is 7.31. The number of carbonyl (C=O) groups is 1. The van der Waals surface area contributed by atoms with Crippen molar-refractivity contribution in [3.05, 3.63) is 30.1 Å². The molecule has 1 amide bonds. The fourth-order valence-electron chi connectivity index (χ4n) is 3.01. The van der Waals surface area contributed by atoms with E-state index in [4.69, 9.17) is 0 Å². The van der Waals surface area contributed by atoms with Gasteiger partial charge in [0.15, 0.2) is 0 Å². The van der Waals surface area contributed by atoms with Crippen molar-refractivity contribution in [2.24, 2.45) is 11.8 Å². The molecular weight excluding hydrogens is 255 g/mol. The van der Waals surface area contributed by atoms with Gasteiger partial charge >= 0.3 is 0 Å². The lowest BCUT2D eigenvalue weighted by atomic mass is 9.92. The van der Waals surface area contributed by atoms with Gasteiger partial charge in [-0.3, -0.25) is 4.79 Å². The molecule has 3 nitrogen and oxygen atoms in total. The summed E-state index contributed by atoms with van der Waals surface area (Å²) in [5.41, 5.74) is 0.262. The molecule has 2 atom stereocenters. The molecule has 1 aliphatic rings. The third-order valence-corrected chi connectivity index (χ3v) is 3.75. The van der Waals surface area contributed by atoms with Crippen LogP contribution in [-0.4, -0.2) is 30.4 Å². The molecule has 2 rings (SSSR count). The van der Waals surface area contributed by atoms with E-state index >= 15 is 0 Å². The second kappa shape index (κ2) is 6.84. The lowest BCUT2D eigenvalue weighted by molar-refractivity contribution is -0.116. The molecule has 110 valence electrons. The molecule has 1 saturated heterocycles. The highest BCUT2D eigenvalue weighted by Gasteiger charge is 2.21. The molecule has 1 aromatic rings. The third kappa shape index (κ3) is 4.30. The molecule has 0 spiro atoms. The Morgan fingerprint density at radius 2 is 1.95 bits per heavy atom. The number of hydrogen-bond acceptors (Lipinski definition) is 2. The summed E-state index contributed by atoms with van der Waals surface area (Å²) in [5.74, 6) is 0.865. The van der Waals surface area contributed by atoms with Gasteiger partial charge in [0, 0.05) is 26.1 Å². The average molecular weight is 278 g/mol. The van der Waals surface area contributed by atoms with Gasteiger partial charge in [-0.1, -0.05) is 26.0 Å². The number of anilines is 1. The van der Waals surface area contributed by atoms with Gasteiger partial charge in [-0.05, 0) is 30.4 Å². The molecule has 0 aromatic heterocycles. The normalized spacial score (nSPS) is 23.6. The predicted octanol–water partition coefficient (Wildman–Crippen LogP) is 3.13. The number of rotatable bonds is 4. The summed E-state index contributed by atoms with van der Waals surface area (Å²) in [5, 5.41) is 2.63. The number of amides is 1. The van der Waals surface area contributed by atoms with E-state index in [0.29, 0.717) is 18.3 Å². The van der Waals surface area contributed by atoms with Crippen molar-refractivity contribution >= 4 is 11.6 Å². The lowest BCUT2D eigenvalue weighted by Crippen LogP contribution is -2.40. The maximum Gasteiger partial charge on any atom is 0.225 e. The summed E-state index contributed by atoms with van der Waals surface area (Å²) in [4.78, 5) is 14.2. The van der Waals surface area contributed by atoms with Crippen molar-refractivity contribution in [3.8, 4) is 0 Å². The van der Waals surface area contributed by atoms with E-state index in [0.717, 1.165) is 19.6 Å². The predicted molar refractivity (Wildman–Crippen MR) is 79.0 cm³/mol. The van der Waals surface area contributed by atoms with E-state index in [1.807, 2.05) is 0 Å². The fourth-order valence-corrected chi connectivity index (χ4v) is 3.01. The minimum absolute atomic E-state index is 0.124. The van der Waals surface area contributed by atoms with Gasteiger partial charge in [0.25, 0.3) is 0 Å². The molecule has 0 bridgehead atoms. The summed E-state index contributed by atoms with van der Waals surface area (Å²) in [6, 6.07) is 6.26. The fraction of sp³-hybridized carbons (Fsp3) is 0.562. The van der Waals surface area contributed by atoms with Crippen LogP contribution in [0, 0.1) is 17.7 Å². The number of para-hydroxylation sites is 1. The van der Waals surface area contributed by atoms with Crippen LogP contribution >= 0.6 is 0 Å². The van der Waals surface area contributed by atoms with Crippen LogP contribution in [0.1, 0.15) is 26.7 Å². The summed E-state index contributed by atoms with van der Waals surface area (Å²) in [7, 11) is 0. The van der Waals surface area contributed by atoms with Gasteiger partial charge in [-0.25, -0.2) is 4.39 Å². The highest BCUT2D eigenvalue weighted by molar-refractivity contribution is 5.90. The van der Waals surface area contributed by atoms with E-state index in [9.17, 15) is 9.18 Å². The van der Waals surface area contributed by atoms with Crippen LogP contribution in [0.15, 0.2) is 24.3 Å². The summed E-state index contributed by atoms with van der Waals surface area (Å²) in [6.45, 7) is 7.35. The highest BCUT2D eigenvalue weighted by atomic mass is 19.1. The topological polar surface area (TPSA) is 32.3 Å². The molecule has 20 heavy (non-hydrogen) atoms. The maximum absolute atomic E-state index is 13.4. The summed E-state index contributed by atoms with van der Waals surface area (Å²) < 4.78 is 13.4. The second-order valence-corrected chi connectivity index (χ2v) is 5.98. The van der Waals surface area contributed by atoms with E-state index in [2.05, 4.69) is 24.1 Å². The molecule has 0 radical (unpaired) electrons. The molecular formula is C16H23FN2O. The van der Waals surface area contributed by atoms with Crippen LogP contribution in [0.4, 0.5) is 10.1 Å². The largest absolute Gasteiger partial charge is 0.324 e. The van der Waals surface area contributed by atoms with Crippen LogP contribution in [0.2, 0.25) is 0 Å². The zero-order valence-electron chi connectivity index (χ0n) is 12.2. The Labute approximate surface area is 120 Å². The molecule has 0 aliphatic carbocycles. The van der Waals surface area contributed by atoms with Crippen molar-refractivity contribution in [2.75, 3.05) is 25.0 Å². The van der Waals surface area contributed by atoms with Crippen molar-refractivity contribution in [3.63, 3.8) is 0 Å². The minimum Gasteiger partial charge on any atom is -0.324 e. The first kappa shape index (κ1) is 15.0. The lowest BCUT2D eigenvalue weighted by Gasteiger charge is -2.34. The molecule has 1 aliphatic heterocycles. The van der Waals surface area contributed by atoms with Crippen LogP contribution in [0.25, 0.3) is 0 Å². The van der Waals surface area contributed by atoms with Gasteiger partial charge in [-0.2, -0.15) is 0 Å². The number of carbonyl (C=O) groups excluding carboxylic acids is 1. The van der Waals surface area contributed by atoms with Gasteiger partial charge in [0.05, 0.1) is 5.69 Å². The molecule has 4 heteroatoms. The van der Waals surface area contributed by atoms with Crippen LogP contribution in [0.3, 0.4) is 0 Å².